The molecule has 0 saturated carbocycles. The van der Waals surface area contributed by atoms with Gasteiger partial charge in [0, 0.05) is 34.5 Å². The Bertz CT molecular complexity index is 1700. The number of aromatic nitrogens is 2. The summed E-state index contributed by atoms with van der Waals surface area (Å²) in [6.07, 6.45) is 0.804. The molecule has 1 aromatic heterocycles. The normalized spacial score (nSPS) is 11.2. The van der Waals surface area contributed by atoms with Crippen LogP contribution in [0.25, 0.3) is 11.5 Å². The molecule has 0 aliphatic carbocycles. The number of halogens is 3. The molecular formula is C26H19Cl2FN4O5S. The van der Waals surface area contributed by atoms with Crippen LogP contribution in [0.4, 0.5) is 10.1 Å². The van der Waals surface area contributed by atoms with Crippen molar-refractivity contribution < 1.29 is 26.8 Å². The molecule has 13 heteroatoms. The molecule has 1 N–H and O–H groups in total. The van der Waals surface area contributed by atoms with Gasteiger partial charge < -0.3 is 14.5 Å². The van der Waals surface area contributed by atoms with Crippen molar-refractivity contribution in [2.75, 3.05) is 17.3 Å². The molecule has 0 bridgehead atoms. The molecule has 4 aromatic rings. The minimum absolute atomic E-state index is 0.0105. The van der Waals surface area contributed by atoms with Gasteiger partial charge in [0.15, 0.2) is 11.6 Å². The first-order valence-corrected chi connectivity index (χ1v) is 14.1. The lowest BCUT2D eigenvalue weighted by molar-refractivity contribution is -0.115. The van der Waals surface area contributed by atoms with Crippen LogP contribution in [0, 0.1) is 17.1 Å². The molecule has 0 aliphatic rings. The Morgan fingerprint density at radius 3 is 2.69 bits per heavy atom. The number of hydrogen-bond acceptors (Lipinski definition) is 8. The van der Waals surface area contributed by atoms with Gasteiger partial charge in [0.05, 0.1) is 28.8 Å². The van der Waals surface area contributed by atoms with Crippen molar-refractivity contribution in [2.45, 2.75) is 12.8 Å². The molecule has 4 rings (SSSR count). The number of carbonyl (C=O) groups excluding carboxylic acids is 1. The van der Waals surface area contributed by atoms with Crippen LogP contribution in [0.2, 0.25) is 10.0 Å². The SMILES string of the molecule is CS(=O)(=O)CCC(=O)Nc1cccc(-c2nnc(Cc3ccc(Cl)c(Oc4cc(Cl)cc(C#N)c4)c3F)o2)c1. The van der Waals surface area contributed by atoms with E-state index >= 15 is 4.39 Å². The smallest absolute Gasteiger partial charge is 0.247 e. The van der Waals surface area contributed by atoms with Crippen molar-refractivity contribution in [3.8, 4) is 29.0 Å². The molecule has 3 aromatic carbocycles. The first-order valence-electron chi connectivity index (χ1n) is 11.3. The number of sulfone groups is 1. The van der Waals surface area contributed by atoms with E-state index in [2.05, 4.69) is 15.5 Å². The van der Waals surface area contributed by atoms with Crippen LogP contribution in [0.5, 0.6) is 11.5 Å². The molecule has 0 unspecified atom stereocenters. The van der Waals surface area contributed by atoms with Crippen molar-refractivity contribution in [3.63, 3.8) is 0 Å². The third-order valence-corrected chi connectivity index (χ3v) is 6.71. The molecule has 9 nitrogen and oxygen atoms in total. The Balaban J connectivity index is 1.50. The molecule has 0 atom stereocenters. The topological polar surface area (TPSA) is 135 Å². The fraction of sp³-hybridized carbons (Fsp3) is 0.154. The van der Waals surface area contributed by atoms with E-state index in [0.717, 1.165) is 6.26 Å². The van der Waals surface area contributed by atoms with Gasteiger partial charge in [-0.05, 0) is 42.5 Å². The fourth-order valence-electron chi connectivity index (χ4n) is 3.44. The van der Waals surface area contributed by atoms with Crippen molar-refractivity contribution in [1.82, 2.24) is 10.2 Å². The molecule has 1 heterocycles. The Kier molecular flexibility index (Phi) is 8.50. The summed E-state index contributed by atoms with van der Waals surface area (Å²) < 4.78 is 49.2. The van der Waals surface area contributed by atoms with Gasteiger partial charge in [-0.25, -0.2) is 12.8 Å². The predicted octanol–water partition coefficient (Wildman–Crippen LogP) is 5.81. The number of carbonyl (C=O) groups is 1. The van der Waals surface area contributed by atoms with Crippen LogP contribution in [0.15, 0.2) is 59.0 Å². The number of benzene rings is 3. The van der Waals surface area contributed by atoms with Crippen LogP contribution in [0.1, 0.15) is 23.4 Å². The number of nitrogens with one attached hydrogen (secondary N) is 1. The van der Waals surface area contributed by atoms with E-state index in [-0.39, 0.29) is 63.0 Å². The monoisotopic (exact) mass is 588 g/mol. The second-order valence-corrected chi connectivity index (χ2v) is 11.5. The number of nitrogens with zero attached hydrogens (tertiary/aromatic N) is 3. The van der Waals surface area contributed by atoms with Gasteiger partial charge in [-0.15, -0.1) is 10.2 Å². The molecule has 1 amide bonds. The number of amides is 1. The van der Waals surface area contributed by atoms with E-state index in [1.54, 1.807) is 24.3 Å². The van der Waals surface area contributed by atoms with Gasteiger partial charge in [0.2, 0.25) is 17.7 Å². The van der Waals surface area contributed by atoms with Crippen LogP contribution in [-0.4, -0.2) is 36.5 Å². The third kappa shape index (κ3) is 7.54. The molecule has 0 radical (unpaired) electrons. The molecule has 0 spiro atoms. The van der Waals surface area contributed by atoms with Gasteiger partial charge >= 0.3 is 0 Å². The molecule has 0 saturated heterocycles. The predicted molar refractivity (Wildman–Crippen MR) is 143 cm³/mol. The number of hydrogen-bond donors (Lipinski definition) is 1. The summed E-state index contributed by atoms with van der Waals surface area (Å²) in [4.78, 5) is 12.1. The van der Waals surface area contributed by atoms with Crippen molar-refractivity contribution in [3.05, 3.63) is 87.5 Å². The third-order valence-electron chi connectivity index (χ3n) is 5.25. The van der Waals surface area contributed by atoms with Gasteiger partial charge in [-0.1, -0.05) is 35.3 Å². The van der Waals surface area contributed by atoms with Gasteiger partial charge in [0.1, 0.15) is 15.6 Å². The average molecular weight is 589 g/mol. The lowest BCUT2D eigenvalue weighted by Crippen LogP contribution is -2.16. The first kappa shape index (κ1) is 28.0. The maximum atomic E-state index is 15.4. The Labute approximate surface area is 233 Å². The molecule has 0 fully saturated rings. The summed E-state index contributed by atoms with van der Waals surface area (Å²) >= 11 is 12.2. The fourth-order valence-corrected chi connectivity index (χ4v) is 4.41. The molecule has 200 valence electrons. The van der Waals surface area contributed by atoms with E-state index in [1.165, 1.54) is 30.3 Å². The van der Waals surface area contributed by atoms with Crippen LogP contribution in [-0.2, 0) is 21.1 Å². The largest absolute Gasteiger partial charge is 0.453 e. The lowest BCUT2D eigenvalue weighted by atomic mass is 10.1. The highest BCUT2D eigenvalue weighted by molar-refractivity contribution is 7.90. The molecule has 0 aliphatic heterocycles. The lowest BCUT2D eigenvalue weighted by Gasteiger charge is -2.12. The van der Waals surface area contributed by atoms with E-state index in [4.69, 9.17) is 37.6 Å². The van der Waals surface area contributed by atoms with E-state index in [0.29, 0.717) is 11.3 Å². The highest BCUT2D eigenvalue weighted by Crippen LogP contribution is 2.36. The van der Waals surface area contributed by atoms with E-state index < -0.39 is 21.6 Å². The second kappa shape index (κ2) is 11.8. The highest BCUT2D eigenvalue weighted by atomic mass is 35.5. The van der Waals surface area contributed by atoms with Crippen LogP contribution < -0.4 is 10.1 Å². The Hall–Kier alpha value is -3.98. The summed E-state index contributed by atoms with van der Waals surface area (Å²) in [6, 6.07) is 15.7. The summed E-state index contributed by atoms with van der Waals surface area (Å²) in [6.45, 7) is 0. The summed E-state index contributed by atoms with van der Waals surface area (Å²) in [5.41, 5.74) is 1.31. The second-order valence-electron chi connectivity index (χ2n) is 8.43. The van der Waals surface area contributed by atoms with Crippen molar-refractivity contribution in [2.24, 2.45) is 0 Å². The quantitative estimate of drug-likeness (QED) is 0.258. The maximum absolute atomic E-state index is 15.4. The average Bonchev–Trinajstić information content (AvgIpc) is 3.35. The number of rotatable bonds is 9. The minimum Gasteiger partial charge on any atom is -0.453 e. The summed E-state index contributed by atoms with van der Waals surface area (Å²) in [5.74, 6) is -1.35. The number of ether oxygens (including phenoxy) is 1. The standard InChI is InChI=1S/C26H19Cl2FN4O5S/c1-39(35,36)8-7-22(34)31-19-4-2-3-17(11-19)26-33-32-23(38-26)12-16-5-6-21(28)25(24(16)29)37-20-10-15(14-30)9-18(27)13-20/h2-6,9-11,13H,7-8,12H2,1H3,(H,31,34). The highest BCUT2D eigenvalue weighted by Gasteiger charge is 2.19. The zero-order valence-electron chi connectivity index (χ0n) is 20.2. The first-order chi connectivity index (χ1) is 18.5. The summed E-state index contributed by atoms with van der Waals surface area (Å²) in [7, 11) is -3.27. The van der Waals surface area contributed by atoms with Crippen molar-refractivity contribution in [1.29, 1.82) is 5.26 Å². The Morgan fingerprint density at radius 1 is 1.15 bits per heavy atom. The summed E-state index contributed by atoms with van der Waals surface area (Å²) in [5, 5.41) is 20.0. The minimum atomic E-state index is -3.27. The van der Waals surface area contributed by atoms with Gasteiger partial charge in [0.25, 0.3) is 0 Å². The van der Waals surface area contributed by atoms with Crippen LogP contribution >= 0.6 is 23.2 Å². The zero-order chi connectivity index (χ0) is 28.2. The number of nitriles is 1. The number of anilines is 1. The van der Waals surface area contributed by atoms with Crippen molar-refractivity contribution >= 4 is 44.6 Å². The zero-order valence-corrected chi connectivity index (χ0v) is 22.6. The maximum Gasteiger partial charge on any atom is 0.247 e. The molecule has 39 heavy (non-hydrogen) atoms. The van der Waals surface area contributed by atoms with Gasteiger partial charge in [-0.3, -0.25) is 4.79 Å². The van der Waals surface area contributed by atoms with Gasteiger partial charge in [-0.2, -0.15) is 5.26 Å². The Morgan fingerprint density at radius 2 is 1.95 bits per heavy atom. The van der Waals surface area contributed by atoms with E-state index in [1.807, 2.05) is 6.07 Å². The van der Waals surface area contributed by atoms with Crippen LogP contribution in [0.3, 0.4) is 0 Å². The molecular weight excluding hydrogens is 570 g/mol. The van der Waals surface area contributed by atoms with E-state index in [9.17, 15) is 13.2 Å².